The number of hydrogen-bond donors (Lipinski definition) is 0. The Balaban J connectivity index is 1.46. The van der Waals surface area contributed by atoms with Gasteiger partial charge in [0, 0.05) is 0 Å². The summed E-state index contributed by atoms with van der Waals surface area (Å²) < 4.78 is 23.6. The Morgan fingerprint density at radius 1 is 1.15 bits per heavy atom. The summed E-state index contributed by atoms with van der Waals surface area (Å²) in [5.41, 5.74) is 2.06. The smallest absolute Gasteiger partial charge is 0.336 e. The van der Waals surface area contributed by atoms with Gasteiger partial charge in [0.15, 0.2) is 0 Å². The van der Waals surface area contributed by atoms with Crippen LogP contribution in [0.15, 0.2) is 23.3 Å². The second kappa shape index (κ2) is 5.91. The van der Waals surface area contributed by atoms with Crippen molar-refractivity contribution in [3.63, 3.8) is 0 Å². The first-order valence-electron chi connectivity index (χ1n) is 9.95. The number of ether oxygens (including phenoxy) is 4. The van der Waals surface area contributed by atoms with Gasteiger partial charge in [-0.25, -0.2) is 4.79 Å². The van der Waals surface area contributed by atoms with Crippen LogP contribution in [0.5, 0.6) is 0 Å². The molecule has 5 nitrogen and oxygen atoms in total. The van der Waals surface area contributed by atoms with E-state index in [1.54, 1.807) is 0 Å². The lowest BCUT2D eigenvalue weighted by atomic mass is 9.49. The number of cyclic esters (lactones) is 1. The lowest BCUT2D eigenvalue weighted by molar-refractivity contribution is -0.264. The molecule has 26 heavy (non-hydrogen) atoms. The van der Waals surface area contributed by atoms with Crippen molar-refractivity contribution >= 4 is 5.97 Å². The molecule has 5 rings (SSSR count). The molecule has 0 radical (unpaired) electrons. The number of carbonyl (C=O) groups excluding carboxylic acids is 1. The van der Waals surface area contributed by atoms with Gasteiger partial charge in [0.25, 0.3) is 0 Å². The maximum atomic E-state index is 12.0. The molecule has 0 spiro atoms. The number of rotatable bonds is 1. The van der Waals surface area contributed by atoms with E-state index in [9.17, 15) is 4.79 Å². The highest BCUT2D eigenvalue weighted by Gasteiger charge is 2.60. The molecule has 0 amide bonds. The van der Waals surface area contributed by atoms with Gasteiger partial charge >= 0.3 is 5.97 Å². The van der Waals surface area contributed by atoms with Crippen LogP contribution >= 0.6 is 0 Å². The SMILES string of the molecule is C[C@@]12CC[C@H]3OCCO[C@@]3(C)[C@H]1CC=C1CO[C@@H](C3=CCOC3=O)C[C@H]12. The summed E-state index contributed by atoms with van der Waals surface area (Å²) in [6.07, 6.45) is 8.40. The van der Waals surface area contributed by atoms with Gasteiger partial charge in [-0.05, 0) is 61.5 Å². The van der Waals surface area contributed by atoms with Crippen molar-refractivity contribution < 1.29 is 23.7 Å². The van der Waals surface area contributed by atoms with Crippen molar-refractivity contribution in [2.24, 2.45) is 17.3 Å². The summed E-state index contributed by atoms with van der Waals surface area (Å²) in [5.74, 6) is 0.656. The predicted molar refractivity (Wildman–Crippen MR) is 94.5 cm³/mol. The fourth-order valence-corrected chi connectivity index (χ4v) is 6.34. The van der Waals surface area contributed by atoms with Crippen LogP contribution in [0.4, 0.5) is 0 Å². The summed E-state index contributed by atoms with van der Waals surface area (Å²) in [5, 5.41) is 0. The molecule has 3 fully saturated rings. The van der Waals surface area contributed by atoms with E-state index < -0.39 is 0 Å². The van der Waals surface area contributed by atoms with Gasteiger partial charge < -0.3 is 18.9 Å². The molecule has 0 bridgehead atoms. The van der Waals surface area contributed by atoms with E-state index in [1.165, 1.54) is 5.57 Å². The van der Waals surface area contributed by atoms with E-state index >= 15 is 0 Å². The average molecular weight is 360 g/mol. The van der Waals surface area contributed by atoms with Crippen LogP contribution in [0.2, 0.25) is 0 Å². The molecular formula is C21H28O5. The monoisotopic (exact) mass is 360 g/mol. The molecule has 6 atom stereocenters. The Bertz CT molecular complexity index is 682. The molecule has 0 aromatic rings. The normalized spacial score (nSPS) is 47.8. The molecule has 0 aromatic carbocycles. The zero-order valence-corrected chi connectivity index (χ0v) is 15.7. The highest BCUT2D eigenvalue weighted by atomic mass is 16.6. The van der Waals surface area contributed by atoms with Crippen LogP contribution in [0.3, 0.4) is 0 Å². The average Bonchev–Trinajstić information content (AvgIpc) is 3.07. The van der Waals surface area contributed by atoms with Gasteiger partial charge in [-0.15, -0.1) is 0 Å². The lowest BCUT2D eigenvalue weighted by Crippen LogP contribution is -2.64. The van der Waals surface area contributed by atoms with Crippen LogP contribution < -0.4 is 0 Å². The molecule has 0 N–H and O–H groups in total. The molecule has 0 aromatic heterocycles. The molecule has 3 heterocycles. The third-order valence-electron chi connectivity index (χ3n) is 7.75. The molecule has 5 aliphatic rings. The topological polar surface area (TPSA) is 54.0 Å². The van der Waals surface area contributed by atoms with E-state index in [-0.39, 0.29) is 29.2 Å². The molecule has 142 valence electrons. The first-order chi connectivity index (χ1) is 12.5. The van der Waals surface area contributed by atoms with Crippen LogP contribution in [0.25, 0.3) is 0 Å². The quantitative estimate of drug-likeness (QED) is 0.532. The van der Waals surface area contributed by atoms with E-state index in [1.807, 2.05) is 6.08 Å². The summed E-state index contributed by atoms with van der Waals surface area (Å²) in [6.45, 7) is 7.08. The van der Waals surface area contributed by atoms with Gasteiger partial charge in [-0.1, -0.05) is 13.0 Å². The van der Waals surface area contributed by atoms with Crippen molar-refractivity contribution in [3.8, 4) is 0 Å². The molecule has 3 aliphatic heterocycles. The van der Waals surface area contributed by atoms with Crippen molar-refractivity contribution in [2.45, 2.75) is 57.3 Å². The summed E-state index contributed by atoms with van der Waals surface area (Å²) in [7, 11) is 0. The maximum Gasteiger partial charge on any atom is 0.336 e. The predicted octanol–water partition coefficient (Wildman–Crippen LogP) is 2.80. The summed E-state index contributed by atoms with van der Waals surface area (Å²) in [4.78, 5) is 12.0. The molecular weight excluding hydrogens is 332 g/mol. The lowest BCUT2D eigenvalue weighted by Gasteiger charge is -2.61. The van der Waals surface area contributed by atoms with E-state index in [2.05, 4.69) is 19.9 Å². The van der Waals surface area contributed by atoms with Gasteiger partial charge in [-0.2, -0.15) is 0 Å². The number of allylic oxidation sites excluding steroid dienone is 1. The van der Waals surface area contributed by atoms with Crippen molar-refractivity contribution in [1.29, 1.82) is 0 Å². The fraction of sp³-hybridized carbons (Fsp3) is 0.762. The van der Waals surface area contributed by atoms with E-state index in [0.717, 1.165) is 25.7 Å². The standard InChI is InChI=1S/C21H28O5/c1-20-7-5-18-21(2,26-10-9-23-18)17(20)4-3-13-12-25-16(11-15(13)20)14-6-8-24-19(14)22/h3,6,15-18H,4-5,7-12H2,1-2H3/t15-,16-,17+,18-,20+,21+/m1/s1. The second-order valence-electron chi connectivity index (χ2n) is 8.85. The van der Waals surface area contributed by atoms with Gasteiger partial charge in [0.2, 0.25) is 0 Å². The second-order valence-corrected chi connectivity index (χ2v) is 8.85. The highest BCUT2D eigenvalue weighted by Crippen LogP contribution is 2.60. The Morgan fingerprint density at radius 2 is 2.04 bits per heavy atom. The minimum Gasteiger partial charge on any atom is -0.458 e. The Morgan fingerprint density at radius 3 is 2.85 bits per heavy atom. The van der Waals surface area contributed by atoms with Crippen molar-refractivity contribution in [1.82, 2.24) is 0 Å². The molecule has 2 saturated heterocycles. The van der Waals surface area contributed by atoms with Gasteiger partial charge in [0.1, 0.15) is 6.61 Å². The van der Waals surface area contributed by atoms with Crippen LogP contribution in [0, 0.1) is 17.3 Å². The minimum absolute atomic E-state index is 0.142. The Labute approximate surface area is 154 Å². The first kappa shape index (κ1) is 17.0. The highest BCUT2D eigenvalue weighted by molar-refractivity contribution is 5.91. The minimum atomic E-state index is -0.216. The maximum absolute atomic E-state index is 12.0. The van der Waals surface area contributed by atoms with Crippen LogP contribution in [0.1, 0.15) is 39.5 Å². The van der Waals surface area contributed by atoms with Crippen molar-refractivity contribution in [2.75, 3.05) is 26.4 Å². The van der Waals surface area contributed by atoms with E-state index in [0.29, 0.717) is 43.8 Å². The van der Waals surface area contributed by atoms with Crippen LogP contribution in [-0.4, -0.2) is 50.2 Å². The summed E-state index contributed by atoms with van der Waals surface area (Å²) in [6, 6.07) is 0. The number of fused-ring (bicyclic) bond motifs is 5. The molecule has 5 heteroatoms. The van der Waals surface area contributed by atoms with Gasteiger partial charge in [0.05, 0.1) is 43.2 Å². The number of carbonyl (C=O) groups is 1. The third-order valence-corrected chi connectivity index (χ3v) is 7.75. The summed E-state index contributed by atoms with van der Waals surface area (Å²) >= 11 is 0. The Hall–Kier alpha value is -1.17. The first-order valence-corrected chi connectivity index (χ1v) is 9.95. The van der Waals surface area contributed by atoms with Crippen LogP contribution in [-0.2, 0) is 23.7 Å². The zero-order valence-electron chi connectivity index (χ0n) is 15.7. The molecule has 2 aliphatic carbocycles. The number of esters is 1. The van der Waals surface area contributed by atoms with E-state index in [4.69, 9.17) is 18.9 Å². The molecule has 1 saturated carbocycles. The largest absolute Gasteiger partial charge is 0.458 e. The fourth-order valence-electron chi connectivity index (χ4n) is 6.34. The number of hydrogen-bond acceptors (Lipinski definition) is 5. The van der Waals surface area contributed by atoms with Gasteiger partial charge in [-0.3, -0.25) is 0 Å². The third kappa shape index (κ3) is 2.30. The van der Waals surface area contributed by atoms with Crippen molar-refractivity contribution in [3.05, 3.63) is 23.3 Å². The zero-order chi connectivity index (χ0) is 17.9. The molecule has 0 unspecified atom stereocenters. The Kier molecular flexibility index (Phi) is 3.86.